The fraction of sp³-hybridized carbons (Fsp3) is 0.288. The second-order valence-corrected chi connectivity index (χ2v) is 21.2. The van der Waals surface area contributed by atoms with Crippen LogP contribution in [0.5, 0.6) is 5.75 Å². The van der Waals surface area contributed by atoms with Crippen LogP contribution in [0, 0.1) is 6.92 Å². The molecule has 1 N–H and O–H groups in total. The number of hydrogen-bond acceptors (Lipinski definition) is 3. The van der Waals surface area contributed by atoms with Gasteiger partial charge in [-0.1, -0.05) is 173 Å². The second-order valence-electron chi connectivity index (χ2n) is 21.2. The third-order valence-electron chi connectivity index (χ3n) is 12.0. The molecule has 0 amide bonds. The number of aromatic nitrogens is 3. The van der Waals surface area contributed by atoms with E-state index in [1.165, 1.54) is 0 Å². The predicted octanol–water partition coefficient (Wildman–Crippen LogP) is 16.0. The number of benzene rings is 6. The molecule has 0 radical (unpaired) electrons. The average molecular weight is 834 g/mol. The molecule has 0 saturated heterocycles. The number of hydrogen-bond donors (Lipinski definition) is 1. The summed E-state index contributed by atoms with van der Waals surface area (Å²) in [6, 6.07) is 37.5. The molecular weight excluding hydrogens is 767 g/mol. The quantitative estimate of drug-likeness (QED) is 0.182. The zero-order valence-electron chi connectivity index (χ0n) is 43.3. The van der Waals surface area contributed by atoms with Gasteiger partial charge in [-0.2, -0.15) is 0 Å². The van der Waals surface area contributed by atoms with Crippen molar-refractivity contribution in [2.24, 2.45) is 0 Å². The van der Waals surface area contributed by atoms with Crippen LogP contribution < -0.4 is 0 Å². The number of aromatic hydroxyl groups is 1. The minimum atomic E-state index is -0.568. The number of para-hydroxylation sites is 1. The minimum Gasteiger partial charge on any atom is -0.507 e. The highest BCUT2D eigenvalue weighted by Gasteiger charge is 2.29. The molecule has 0 unspecified atom stereocenters. The molecule has 63 heavy (non-hydrogen) atoms. The number of nitrogens with zero attached hydrogens (tertiary/aromatic N) is 3. The second kappa shape index (κ2) is 15.8. The average Bonchev–Trinajstić information content (AvgIpc) is 3.64. The maximum atomic E-state index is 12.5. The summed E-state index contributed by atoms with van der Waals surface area (Å²) in [6.07, 6.45) is 1.68. The Kier molecular flexibility index (Phi) is 9.65. The van der Waals surface area contributed by atoms with E-state index in [4.69, 9.17) is 15.5 Å². The van der Waals surface area contributed by atoms with Gasteiger partial charge < -0.3 is 5.11 Å². The first-order valence-electron chi connectivity index (χ1n) is 24.1. The van der Waals surface area contributed by atoms with Crippen LogP contribution in [-0.4, -0.2) is 19.6 Å². The predicted molar refractivity (Wildman–Crippen MR) is 267 cm³/mol. The van der Waals surface area contributed by atoms with Crippen molar-refractivity contribution in [1.29, 1.82) is 0 Å². The summed E-state index contributed by atoms with van der Waals surface area (Å²) in [5.41, 5.74) is 12.7. The van der Waals surface area contributed by atoms with Crippen LogP contribution in [0.4, 0.5) is 0 Å². The monoisotopic (exact) mass is 834 g/mol. The van der Waals surface area contributed by atoms with Gasteiger partial charge in [-0.25, -0.2) is 4.98 Å². The first kappa shape index (κ1) is 38.4. The van der Waals surface area contributed by atoms with Crippen molar-refractivity contribution in [3.8, 4) is 67.5 Å². The third-order valence-corrected chi connectivity index (χ3v) is 12.0. The van der Waals surface area contributed by atoms with Crippen molar-refractivity contribution in [3.63, 3.8) is 0 Å². The molecule has 2 heterocycles. The maximum absolute atomic E-state index is 12.5. The maximum Gasteiger partial charge on any atom is 0.149 e. The summed E-state index contributed by atoms with van der Waals surface area (Å²) in [5, 5.41) is 12.5. The fourth-order valence-corrected chi connectivity index (χ4v) is 8.20. The van der Waals surface area contributed by atoms with Crippen molar-refractivity contribution in [3.05, 3.63) is 167 Å². The first-order chi connectivity index (χ1) is 31.3. The molecule has 320 valence electrons. The van der Waals surface area contributed by atoms with Crippen LogP contribution in [0.2, 0.25) is 0 Å². The molecule has 0 spiro atoms. The molecule has 0 aliphatic rings. The Labute approximate surface area is 381 Å². The molecule has 0 atom stereocenters. The standard InChI is InChI=1S/C59H63N3O/c1-37-22-27-51(47(30-37)39-18-15-14-16-19-39)62-52-21-17-20-46(53(52)61-55(62)48-35-45(58(8,9)10)36-49(54(48)63)59(11,12)13)41-31-42(33-44(32-41)57(5,6)7)50-34-40(28-29-60-50)38-23-25-43(26-24-38)56(2,3)4/h14-36,63H,1-13H3/i23D,24D,25D,26D. The molecular formula is C59H63N3O. The molecule has 4 nitrogen and oxygen atoms in total. The van der Waals surface area contributed by atoms with E-state index in [1.54, 1.807) is 12.3 Å². The van der Waals surface area contributed by atoms with Crippen molar-refractivity contribution in [2.75, 3.05) is 0 Å². The Balaban J connectivity index is 1.42. The molecule has 0 bridgehead atoms. The van der Waals surface area contributed by atoms with Crippen LogP contribution in [0.15, 0.2) is 140 Å². The number of fused-ring (bicyclic) bond motifs is 1. The Hall–Kier alpha value is -6.26. The van der Waals surface area contributed by atoms with Gasteiger partial charge in [-0.15, -0.1) is 0 Å². The zero-order valence-corrected chi connectivity index (χ0v) is 39.3. The van der Waals surface area contributed by atoms with Crippen molar-refractivity contribution in [2.45, 2.75) is 112 Å². The van der Waals surface area contributed by atoms with Crippen molar-refractivity contribution >= 4 is 11.0 Å². The molecule has 0 aliphatic carbocycles. The van der Waals surface area contributed by atoms with Gasteiger partial charge in [0, 0.05) is 28.5 Å². The highest BCUT2D eigenvalue weighted by atomic mass is 16.3. The Bertz CT molecular complexity index is 3200. The van der Waals surface area contributed by atoms with E-state index in [0.29, 0.717) is 28.2 Å². The van der Waals surface area contributed by atoms with E-state index >= 15 is 0 Å². The zero-order chi connectivity index (χ0) is 48.7. The van der Waals surface area contributed by atoms with E-state index in [2.05, 4.69) is 165 Å². The molecule has 0 fully saturated rings. The van der Waals surface area contributed by atoms with Gasteiger partial charge in [-0.3, -0.25) is 9.55 Å². The number of pyridine rings is 1. The lowest BCUT2D eigenvalue weighted by molar-refractivity contribution is 0.446. The largest absolute Gasteiger partial charge is 0.507 e. The Morgan fingerprint density at radius 2 is 1.16 bits per heavy atom. The van der Waals surface area contributed by atoms with Gasteiger partial charge in [0.1, 0.15) is 11.6 Å². The molecule has 8 rings (SSSR count). The SMILES string of the molecule is [2H]c1c([2H])c(C(C)(C)C)c([2H])c([2H])c1-c1ccnc(-c2cc(-c3cccc4c3nc(-c3cc(C(C)(C)C)cc(C(C)(C)C)c3O)n4-c3ccc(C)cc3-c3ccccc3)cc(C(C)(C)C)c2)c1. The number of phenols is 1. The summed E-state index contributed by atoms with van der Waals surface area (Å²) in [6.45, 7) is 27.4. The highest BCUT2D eigenvalue weighted by Crippen LogP contribution is 2.46. The summed E-state index contributed by atoms with van der Waals surface area (Å²) in [4.78, 5) is 10.5. The third kappa shape index (κ3) is 8.61. The van der Waals surface area contributed by atoms with Crippen LogP contribution in [0.1, 0.15) is 116 Å². The van der Waals surface area contributed by atoms with Gasteiger partial charge in [0.25, 0.3) is 0 Å². The number of rotatable bonds is 6. The summed E-state index contributed by atoms with van der Waals surface area (Å²) >= 11 is 0. The van der Waals surface area contributed by atoms with Gasteiger partial charge in [-0.05, 0) is 116 Å². The normalized spacial score (nSPS) is 13.5. The molecule has 8 aromatic rings. The Morgan fingerprint density at radius 3 is 1.81 bits per heavy atom. The summed E-state index contributed by atoms with van der Waals surface area (Å²) in [5.74, 6) is 0.848. The summed E-state index contributed by atoms with van der Waals surface area (Å²) < 4.78 is 38.3. The van der Waals surface area contributed by atoms with Crippen molar-refractivity contribution in [1.82, 2.24) is 14.5 Å². The van der Waals surface area contributed by atoms with Gasteiger partial charge >= 0.3 is 0 Å². The number of aryl methyl sites for hydroxylation is 1. The lowest BCUT2D eigenvalue weighted by Crippen LogP contribution is -2.17. The van der Waals surface area contributed by atoms with Gasteiger partial charge in [0.05, 0.1) is 33.5 Å². The molecule has 4 heteroatoms. The molecule has 0 aliphatic heterocycles. The summed E-state index contributed by atoms with van der Waals surface area (Å²) in [7, 11) is 0. The molecule has 0 saturated carbocycles. The highest BCUT2D eigenvalue weighted by molar-refractivity contribution is 5.98. The Morgan fingerprint density at radius 1 is 0.508 bits per heavy atom. The van der Waals surface area contributed by atoms with E-state index in [9.17, 15) is 5.11 Å². The lowest BCUT2D eigenvalue weighted by Gasteiger charge is -2.27. The molecule has 2 aromatic heterocycles. The van der Waals surface area contributed by atoms with Crippen LogP contribution in [-0.2, 0) is 21.7 Å². The smallest absolute Gasteiger partial charge is 0.149 e. The first-order valence-corrected chi connectivity index (χ1v) is 22.1. The van der Waals surface area contributed by atoms with E-state index in [0.717, 1.165) is 66.8 Å². The minimum absolute atomic E-state index is 0.0274. The lowest BCUT2D eigenvalue weighted by atomic mass is 9.79. The van der Waals surface area contributed by atoms with Gasteiger partial charge in [0.15, 0.2) is 0 Å². The van der Waals surface area contributed by atoms with E-state index < -0.39 is 5.41 Å². The van der Waals surface area contributed by atoms with E-state index in [-0.39, 0.29) is 51.7 Å². The topological polar surface area (TPSA) is 50.9 Å². The van der Waals surface area contributed by atoms with E-state index in [1.807, 2.05) is 32.9 Å². The molecule has 6 aromatic carbocycles. The number of imidazole rings is 1. The van der Waals surface area contributed by atoms with Crippen LogP contribution >= 0.6 is 0 Å². The number of phenolic OH excluding ortho intramolecular Hbond substituents is 1. The van der Waals surface area contributed by atoms with Crippen molar-refractivity contribution < 1.29 is 10.6 Å². The van der Waals surface area contributed by atoms with Crippen LogP contribution in [0.3, 0.4) is 0 Å². The van der Waals surface area contributed by atoms with Gasteiger partial charge in [0.2, 0.25) is 0 Å². The van der Waals surface area contributed by atoms with Crippen LogP contribution in [0.25, 0.3) is 72.7 Å². The fourth-order valence-electron chi connectivity index (χ4n) is 8.20.